The van der Waals surface area contributed by atoms with Crippen molar-refractivity contribution < 1.29 is 4.79 Å². The lowest BCUT2D eigenvalue weighted by Crippen LogP contribution is -2.39. The van der Waals surface area contributed by atoms with Gasteiger partial charge in [-0.25, -0.2) is 9.97 Å². The van der Waals surface area contributed by atoms with E-state index in [-0.39, 0.29) is 5.91 Å². The highest BCUT2D eigenvalue weighted by atomic mass is 32.1. The van der Waals surface area contributed by atoms with E-state index in [1.54, 1.807) is 0 Å². The van der Waals surface area contributed by atoms with Crippen LogP contribution in [0.2, 0.25) is 0 Å². The summed E-state index contributed by atoms with van der Waals surface area (Å²) in [6.07, 6.45) is 2.29. The second-order valence-corrected chi connectivity index (χ2v) is 7.22. The van der Waals surface area contributed by atoms with E-state index >= 15 is 0 Å². The van der Waals surface area contributed by atoms with Gasteiger partial charge in [-0.05, 0) is 44.7 Å². The number of rotatable bonds is 3. The Balaban J connectivity index is 1.76. The van der Waals surface area contributed by atoms with Crippen LogP contribution in [0.25, 0.3) is 0 Å². The summed E-state index contributed by atoms with van der Waals surface area (Å²) in [5, 5.41) is 3.91. The number of hydrogen-bond acceptors (Lipinski definition) is 5. The predicted octanol–water partition coefficient (Wildman–Crippen LogP) is 3.77. The lowest BCUT2D eigenvalue weighted by molar-refractivity contribution is 0.0687. The van der Waals surface area contributed by atoms with Crippen molar-refractivity contribution in [1.29, 1.82) is 0 Å². The molecule has 23 heavy (non-hydrogen) atoms. The lowest BCUT2D eigenvalue weighted by Gasteiger charge is -2.30. The average Bonchev–Trinajstić information content (AvgIpc) is 2.87. The van der Waals surface area contributed by atoms with E-state index in [0.29, 0.717) is 11.0 Å². The molecule has 3 heterocycles. The van der Waals surface area contributed by atoms with Gasteiger partial charge in [-0.2, -0.15) is 0 Å². The molecule has 1 amide bonds. The van der Waals surface area contributed by atoms with Crippen molar-refractivity contribution in [3.05, 3.63) is 34.5 Å². The summed E-state index contributed by atoms with van der Waals surface area (Å²) in [7, 11) is 0. The summed E-state index contributed by atoms with van der Waals surface area (Å²) in [5.74, 6) is 1.44. The SMILES string of the molecule is Cc1cccc(Nc2nc(C)c(C(=O)N3CCC[C@@H](C)C3)s2)n1. The molecule has 122 valence electrons. The van der Waals surface area contributed by atoms with Crippen LogP contribution in [0.4, 0.5) is 10.9 Å². The molecular formula is C17H22N4OS. The molecule has 3 rings (SSSR count). The summed E-state index contributed by atoms with van der Waals surface area (Å²) in [4.78, 5) is 24.3. The van der Waals surface area contributed by atoms with Gasteiger partial charge in [-0.1, -0.05) is 24.3 Å². The zero-order valence-electron chi connectivity index (χ0n) is 13.8. The van der Waals surface area contributed by atoms with Crippen molar-refractivity contribution in [3.63, 3.8) is 0 Å². The number of aromatic nitrogens is 2. The third-order valence-electron chi connectivity index (χ3n) is 4.06. The van der Waals surface area contributed by atoms with Crippen molar-refractivity contribution in [3.8, 4) is 0 Å². The van der Waals surface area contributed by atoms with E-state index in [0.717, 1.165) is 41.6 Å². The van der Waals surface area contributed by atoms with Gasteiger partial charge in [0.05, 0.1) is 5.69 Å². The normalized spacial score (nSPS) is 18.0. The molecule has 0 unspecified atom stereocenters. The molecule has 1 N–H and O–H groups in total. The minimum Gasteiger partial charge on any atom is -0.338 e. The molecule has 1 aliphatic heterocycles. The second-order valence-electron chi connectivity index (χ2n) is 6.22. The first-order valence-electron chi connectivity index (χ1n) is 8.00. The monoisotopic (exact) mass is 330 g/mol. The van der Waals surface area contributed by atoms with E-state index in [4.69, 9.17) is 0 Å². The second kappa shape index (κ2) is 6.66. The summed E-state index contributed by atoms with van der Waals surface area (Å²) >= 11 is 1.41. The number of carbonyl (C=O) groups is 1. The molecule has 0 spiro atoms. The Morgan fingerprint density at radius 1 is 1.35 bits per heavy atom. The standard InChI is InChI=1S/C17H22N4OS/c1-11-6-5-9-21(10-11)16(22)15-13(3)19-17(23-15)20-14-8-4-7-12(2)18-14/h4,7-8,11H,5-6,9-10H2,1-3H3,(H,18,19,20)/t11-/m1/s1. The molecule has 6 heteroatoms. The highest BCUT2D eigenvalue weighted by Crippen LogP contribution is 2.28. The zero-order chi connectivity index (χ0) is 16.4. The van der Waals surface area contributed by atoms with Gasteiger partial charge in [0.1, 0.15) is 10.7 Å². The molecule has 0 aromatic carbocycles. The van der Waals surface area contributed by atoms with Gasteiger partial charge in [-0.3, -0.25) is 4.79 Å². The summed E-state index contributed by atoms with van der Waals surface area (Å²) in [5.41, 5.74) is 1.73. The summed E-state index contributed by atoms with van der Waals surface area (Å²) in [6, 6.07) is 5.80. The van der Waals surface area contributed by atoms with Gasteiger partial charge in [0.2, 0.25) is 0 Å². The van der Waals surface area contributed by atoms with Gasteiger partial charge in [0.15, 0.2) is 5.13 Å². The maximum Gasteiger partial charge on any atom is 0.265 e. The Morgan fingerprint density at radius 3 is 2.91 bits per heavy atom. The maximum absolute atomic E-state index is 12.7. The van der Waals surface area contributed by atoms with Crippen LogP contribution in [-0.4, -0.2) is 33.9 Å². The topological polar surface area (TPSA) is 58.1 Å². The van der Waals surface area contributed by atoms with Crippen LogP contribution in [0.5, 0.6) is 0 Å². The van der Waals surface area contributed by atoms with Crippen LogP contribution in [0.3, 0.4) is 0 Å². The number of nitrogens with one attached hydrogen (secondary N) is 1. The van der Waals surface area contributed by atoms with Crippen molar-refractivity contribution in [1.82, 2.24) is 14.9 Å². The Labute approximate surface area is 140 Å². The van der Waals surface area contributed by atoms with Crippen molar-refractivity contribution in [2.45, 2.75) is 33.6 Å². The van der Waals surface area contributed by atoms with Crippen molar-refractivity contribution in [2.24, 2.45) is 5.92 Å². The number of anilines is 2. The third kappa shape index (κ3) is 3.69. The smallest absolute Gasteiger partial charge is 0.265 e. The van der Waals surface area contributed by atoms with E-state index in [2.05, 4.69) is 22.2 Å². The number of likely N-dealkylation sites (tertiary alicyclic amines) is 1. The summed E-state index contributed by atoms with van der Waals surface area (Å²) < 4.78 is 0. The third-order valence-corrected chi connectivity index (χ3v) is 5.12. The van der Waals surface area contributed by atoms with Crippen molar-refractivity contribution >= 4 is 28.2 Å². The zero-order valence-corrected chi connectivity index (χ0v) is 14.6. The van der Waals surface area contributed by atoms with Gasteiger partial charge >= 0.3 is 0 Å². The van der Waals surface area contributed by atoms with Crippen LogP contribution in [0.15, 0.2) is 18.2 Å². The number of pyridine rings is 1. The summed E-state index contributed by atoms with van der Waals surface area (Å²) in [6.45, 7) is 7.74. The number of amides is 1. The van der Waals surface area contributed by atoms with E-state index < -0.39 is 0 Å². The number of hydrogen-bond donors (Lipinski definition) is 1. The molecule has 1 aliphatic rings. The fraction of sp³-hybridized carbons (Fsp3) is 0.471. The Morgan fingerprint density at radius 2 is 2.17 bits per heavy atom. The van der Waals surface area contributed by atoms with E-state index in [9.17, 15) is 4.79 Å². The minimum atomic E-state index is 0.108. The molecule has 2 aromatic rings. The molecule has 0 bridgehead atoms. The van der Waals surface area contributed by atoms with Crippen LogP contribution >= 0.6 is 11.3 Å². The maximum atomic E-state index is 12.7. The molecule has 0 radical (unpaired) electrons. The molecule has 5 nitrogen and oxygen atoms in total. The molecule has 2 aromatic heterocycles. The lowest BCUT2D eigenvalue weighted by atomic mass is 10.0. The number of nitrogens with zero attached hydrogens (tertiary/aromatic N) is 3. The highest BCUT2D eigenvalue weighted by Gasteiger charge is 2.25. The molecule has 1 fully saturated rings. The fourth-order valence-electron chi connectivity index (χ4n) is 2.89. The molecule has 0 aliphatic carbocycles. The number of piperidine rings is 1. The molecular weight excluding hydrogens is 308 g/mol. The number of aryl methyl sites for hydroxylation is 2. The van der Waals surface area contributed by atoms with Crippen LogP contribution < -0.4 is 5.32 Å². The highest BCUT2D eigenvalue weighted by molar-refractivity contribution is 7.17. The van der Waals surface area contributed by atoms with Crippen molar-refractivity contribution in [2.75, 3.05) is 18.4 Å². The Kier molecular flexibility index (Phi) is 4.61. The van der Waals surface area contributed by atoms with Gasteiger partial charge in [0.25, 0.3) is 5.91 Å². The quantitative estimate of drug-likeness (QED) is 0.930. The molecule has 1 atom stereocenters. The fourth-order valence-corrected chi connectivity index (χ4v) is 3.83. The first-order valence-corrected chi connectivity index (χ1v) is 8.82. The van der Waals surface area contributed by atoms with Crippen LogP contribution in [-0.2, 0) is 0 Å². The Bertz CT molecular complexity index is 712. The van der Waals surface area contributed by atoms with Crippen LogP contribution in [0, 0.1) is 19.8 Å². The molecule has 1 saturated heterocycles. The molecule has 0 saturated carbocycles. The van der Waals surface area contributed by atoms with E-state index in [1.165, 1.54) is 17.8 Å². The Hall–Kier alpha value is -1.95. The average molecular weight is 330 g/mol. The predicted molar refractivity (Wildman–Crippen MR) is 93.4 cm³/mol. The van der Waals surface area contributed by atoms with E-state index in [1.807, 2.05) is 36.9 Å². The number of carbonyl (C=O) groups excluding carboxylic acids is 1. The number of thiazole rings is 1. The van der Waals surface area contributed by atoms with Gasteiger partial charge < -0.3 is 10.2 Å². The largest absolute Gasteiger partial charge is 0.338 e. The minimum absolute atomic E-state index is 0.108. The van der Waals surface area contributed by atoms with Gasteiger partial charge in [-0.15, -0.1) is 0 Å². The van der Waals surface area contributed by atoms with Crippen LogP contribution in [0.1, 0.15) is 40.8 Å². The first kappa shape index (κ1) is 15.9. The first-order chi connectivity index (χ1) is 11.0. The van der Waals surface area contributed by atoms with Gasteiger partial charge in [0, 0.05) is 18.8 Å².